The maximum absolute atomic E-state index is 6.45. The van der Waals surface area contributed by atoms with Crippen LogP contribution in [-0.2, 0) is 5.41 Å². The van der Waals surface area contributed by atoms with Gasteiger partial charge in [-0.05, 0) is 126 Å². The molecule has 0 aliphatic heterocycles. The van der Waals surface area contributed by atoms with Crippen LogP contribution < -0.4 is 0 Å². The summed E-state index contributed by atoms with van der Waals surface area (Å²) in [5.74, 6) is 0.656. The summed E-state index contributed by atoms with van der Waals surface area (Å²) in [7, 11) is 0. The van der Waals surface area contributed by atoms with Crippen molar-refractivity contribution in [2.24, 2.45) is 0 Å². The highest BCUT2D eigenvalue weighted by molar-refractivity contribution is 6.06. The molecule has 0 unspecified atom stereocenters. The number of nitrogens with zero attached hydrogens (tertiary/aromatic N) is 2. The lowest BCUT2D eigenvalue weighted by Crippen LogP contribution is -2.29. The van der Waals surface area contributed by atoms with Crippen molar-refractivity contribution < 1.29 is 4.42 Å². The molecule has 14 rings (SSSR count). The monoisotopic (exact) mass is 864 g/mol. The quantitative estimate of drug-likeness (QED) is 0.173. The van der Waals surface area contributed by atoms with Gasteiger partial charge >= 0.3 is 0 Å². The second-order valence-corrected chi connectivity index (χ2v) is 18.0. The van der Waals surface area contributed by atoms with Gasteiger partial charge in [0.15, 0.2) is 5.82 Å². The number of aromatic nitrogens is 2. The molecule has 0 amide bonds. The van der Waals surface area contributed by atoms with E-state index in [1.807, 2.05) is 12.1 Å². The maximum Gasteiger partial charge on any atom is 0.160 e. The highest BCUT2D eigenvalue weighted by Crippen LogP contribution is 2.61. The lowest BCUT2D eigenvalue weighted by Gasteiger charge is -2.35. The molecule has 0 radical (unpaired) electrons. The molecule has 316 valence electrons. The van der Waals surface area contributed by atoms with E-state index in [1.165, 1.54) is 55.6 Å². The highest BCUT2D eigenvalue weighted by atomic mass is 16.3. The molecule has 3 nitrogen and oxygen atoms in total. The number of hydrogen-bond acceptors (Lipinski definition) is 3. The Morgan fingerprint density at radius 3 is 1.34 bits per heavy atom. The van der Waals surface area contributed by atoms with E-state index >= 15 is 0 Å². The normalized spacial score (nSPS) is 12.8. The topological polar surface area (TPSA) is 38.9 Å². The Balaban J connectivity index is 1.01. The Bertz CT molecular complexity index is 3850. The second kappa shape index (κ2) is 15.1. The molecule has 1 spiro atoms. The zero-order valence-corrected chi connectivity index (χ0v) is 36.9. The molecule has 0 fully saturated rings. The SMILES string of the molecule is c1ccc(-c2cc(-c3ccccc3)cc(-c3cc(-c4ccc5c(c4)oc4ccccc45)nc(-c4ccc5c(c4)-c4ccccc4C54c5ccccc5-c5ccccc5-c5ccccc54)n3)c2)cc1. The van der Waals surface area contributed by atoms with E-state index in [0.717, 1.165) is 72.3 Å². The van der Waals surface area contributed by atoms with Gasteiger partial charge < -0.3 is 4.42 Å². The molecule has 12 aromatic rings. The summed E-state index contributed by atoms with van der Waals surface area (Å²) in [4.78, 5) is 11.0. The largest absolute Gasteiger partial charge is 0.456 e. The molecule has 3 heteroatoms. The van der Waals surface area contributed by atoms with Crippen molar-refractivity contribution in [3.63, 3.8) is 0 Å². The molecule has 0 bridgehead atoms. The Hall–Kier alpha value is -8.92. The molecule has 10 aromatic carbocycles. The van der Waals surface area contributed by atoms with Crippen molar-refractivity contribution in [1.82, 2.24) is 9.97 Å². The summed E-state index contributed by atoms with van der Waals surface area (Å²) in [5.41, 5.74) is 22.7. The molecule has 2 aliphatic rings. The third kappa shape index (κ3) is 5.79. The first kappa shape index (κ1) is 38.4. The average molecular weight is 865 g/mol. The van der Waals surface area contributed by atoms with Crippen LogP contribution in [0.3, 0.4) is 0 Å². The lowest BCUT2D eigenvalue weighted by atomic mass is 9.66. The van der Waals surface area contributed by atoms with Crippen molar-refractivity contribution in [3.8, 4) is 89.5 Å². The van der Waals surface area contributed by atoms with Gasteiger partial charge in [-0.2, -0.15) is 0 Å². The standard InChI is InChI=1S/C65H40N2O/c1-3-17-41(18-4-1)45-35-46(42-19-5-2-6-20-42)37-47(36-45)61-40-60(43-31-33-54-53-26-12-16-30-62(53)68-63(54)39-43)66-64(67-61)44-32-34-59-55(38-44)52-25-11-15-29-58(52)65(59)56-27-13-9-23-50(56)48-21-7-8-22-49(48)51-24-10-14-28-57(51)65/h1-40H. The Kier molecular flexibility index (Phi) is 8.50. The van der Waals surface area contributed by atoms with Crippen molar-refractivity contribution in [3.05, 3.63) is 265 Å². The zero-order valence-electron chi connectivity index (χ0n) is 36.9. The van der Waals surface area contributed by atoms with Crippen LogP contribution in [0.2, 0.25) is 0 Å². The predicted octanol–water partition coefficient (Wildman–Crippen LogP) is 16.7. The minimum atomic E-state index is -0.571. The van der Waals surface area contributed by atoms with Gasteiger partial charge in [-0.15, -0.1) is 0 Å². The lowest BCUT2D eigenvalue weighted by molar-refractivity contribution is 0.669. The number of para-hydroxylation sites is 1. The fraction of sp³-hybridized carbons (Fsp3) is 0.0154. The number of furan rings is 1. The van der Waals surface area contributed by atoms with Gasteiger partial charge in [0.1, 0.15) is 11.2 Å². The molecular weight excluding hydrogens is 825 g/mol. The summed E-state index contributed by atoms with van der Waals surface area (Å²) in [6.07, 6.45) is 0. The van der Waals surface area contributed by atoms with Crippen molar-refractivity contribution >= 4 is 21.9 Å². The Morgan fingerprint density at radius 2 is 0.721 bits per heavy atom. The van der Waals surface area contributed by atoms with Crippen LogP contribution in [-0.4, -0.2) is 9.97 Å². The first-order valence-corrected chi connectivity index (χ1v) is 23.3. The van der Waals surface area contributed by atoms with Crippen LogP contribution in [0.5, 0.6) is 0 Å². The van der Waals surface area contributed by atoms with E-state index in [-0.39, 0.29) is 0 Å². The predicted molar refractivity (Wildman–Crippen MR) is 278 cm³/mol. The molecule has 2 aromatic heterocycles. The van der Waals surface area contributed by atoms with Crippen LogP contribution >= 0.6 is 0 Å². The van der Waals surface area contributed by atoms with Gasteiger partial charge in [0.25, 0.3) is 0 Å². The van der Waals surface area contributed by atoms with Gasteiger partial charge in [0.05, 0.1) is 16.8 Å². The van der Waals surface area contributed by atoms with E-state index < -0.39 is 5.41 Å². The molecule has 0 saturated carbocycles. The van der Waals surface area contributed by atoms with E-state index in [4.69, 9.17) is 14.4 Å². The third-order valence-electron chi connectivity index (χ3n) is 14.3. The summed E-state index contributed by atoms with van der Waals surface area (Å²) in [6.45, 7) is 0. The van der Waals surface area contributed by atoms with E-state index in [9.17, 15) is 0 Å². The van der Waals surface area contributed by atoms with Crippen molar-refractivity contribution in [2.75, 3.05) is 0 Å². The first-order chi connectivity index (χ1) is 33.7. The average Bonchev–Trinajstić information content (AvgIpc) is 3.90. The second-order valence-electron chi connectivity index (χ2n) is 18.0. The molecule has 0 atom stereocenters. The van der Waals surface area contributed by atoms with Crippen LogP contribution in [0.15, 0.2) is 247 Å². The maximum atomic E-state index is 6.45. The summed E-state index contributed by atoms with van der Waals surface area (Å²) < 4.78 is 6.45. The van der Waals surface area contributed by atoms with E-state index in [1.54, 1.807) is 0 Å². The molecule has 2 aliphatic carbocycles. The molecule has 0 saturated heterocycles. The summed E-state index contributed by atoms with van der Waals surface area (Å²) in [5, 5.41) is 2.18. The van der Waals surface area contributed by atoms with Gasteiger partial charge in [-0.1, -0.05) is 194 Å². The van der Waals surface area contributed by atoms with E-state index in [0.29, 0.717) is 5.82 Å². The van der Waals surface area contributed by atoms with Crippen molar-refractivity contribution in [2.45, 2.75) is 5.41 Å². The van der Waals surface area contributed by atoms with Crippen LogP contribution in [0.4, 0.5) is 0 Å². The van der Waals surface area contributed by atoms with Crippen LogP contribution in [0.1, 0.15) is 22.3 Å². The number of benzene rings is 10. The molecule has 2 heterocycles. The molecule has 68 heavy (non-hydrogen) atoms. The number of fused-ring (bicyclic) bond motifs is 15. The van der Waals surface area contributed by atoms with Crippen LogP contribution in [0, 0.1) is 0 Å². The fourth-order valence-corrected chi connectivity index (χ4v) is 11.3. The minimum Gasteiger partial charge on any atom is -0.456 e. The smallest absolute Gasteiger partial charge is 0.160 e. The number of hydrogen-bond donors (Lipinski definition) is 0. The zero-order chi connectivity index (χ0) is 44.8. The van der Waals surface area contributed by atoms with Gasteiger partial charge in [0.2, 0.25) is 0 Å². The van der Waals surface area contributed by atoms with Gasteiger partial charge in [-0.25, -0.2) is 9.97 Å². The first-order valence-electron chi connectivity index (χ1n) is 23.3. The van der Waals surface area contributed by atoms with Crippen molar-refractivity contribution in [1.29, 1.82) is 0 Å². The van der Waals surface area contributed by atoms with Gasteiger partial charge in [-0.3, -0.25) is 0 Å². The summed E-state index contributed by atoms with van der Waals surface area (Å²) >= 11 is 0. The third-order valence-corrected chi connectivity index (χ3v) is 14.3. The minimum absolute atomic E-state index is 0.571. The van der Waals surface area contributed by atoms with Crippen LogP contribution in [0.25, 0.3) is 111 Å². The molecular formula is C65H40N2O. The van der Waals surface area contributed by atoms with E-state index in [2.05, 4.69) is 231 Å². The number of rotatable bonds is 5. The molecule has 0 N–H and O–H groups in total. The highest BCUT2D eigenvalue weighted by Gasteiger charge is 2.49. The summed E-state index contributed by atoms with van der Waals surface area (Å²) in [6, 6.07) is 87.7. The Morgan fingerprint density at radius 1 is 0.265 bits per heavy atom. The van der Waals surface area contributed by atoms with Gasteiger partial charge in [0, 0.05) is 27.5 Å². The Labute approximate surface area is 394 Å². The fourth-order valence-electron chi connectivity index (χ4n) is 11.3.